The molecule has 5 nitrogen and oxygen atoms in total. The summed E-state index contributed by atoms with van der Waals surface area (Å²) in [6.07, 6.45) is 107. The number of esters is 2. The van der Waals surface area contributed by atoms with Gasteiger partial charge in [0.15, 0.2) is 6.10 Å². The standard InChI is InChI=1S/C79H138O5/c1-3-5-7-9-11-13-15-17-19-21-23-25-27-29-31-33-35-37-39-41-43-45-47-49-51-53-55-57-59-61-63-65-67-69-71-73-78(81)83-76-77(75-80)84-79(82)74-72-70-68-66-64-62-60-58-56-54-52-50-48-46-44-42-40-38-36-34-32-30-28-26-24-22-20-18-16-14-12-10-8-6-4-2/h5-8,11-14,17-20,23-26,30,32,77,80H,3-4,9-10,15-16,21-22,27-29,31,33-76H2,1-2H3/b7-5-,8-6-,13-11-,14-12-,19-17-,20-18-,25-23-,26-24-,32-30-. The minimum Gasteiger partial charge on any atom is -0.462 e. The highest BCUT2D eigenvalue weighted by atomic mass is 16.6. The second-order valence-corrected chi connectivity index (χ2v) is 24.3. The van der Waals surface area contributed by atoms with Crippen LogP contribution < -0.4 is 0 Å². The third-order valence-corrected chi connectivity index (χ3v) is 16.1. The Morgan fingerprint density at radius 1 is 0.274 bits per heavy atom. The van der Waals surface area contributed by atoms with Crippen molar-refractivity contribution in [1.82, 2.24) is 0 Å². The fraction of sp³-hybridized carbons (Fsp3) is 0.747. The number of carbonyl (C=O) groups excluding carboxylic acids is 2. The zero-order valence-corrected chi connectivity index (χ0v) is 55.6. The second kappa shape index (κ2) is 73.8. The molecule has 5 heteroatoms. The molecule has 0 saturated carbocycles. The Kier molecular flexibility index (Phi) is 70.8. The molecular formula is C79H138O5. The highest BCUT2D eigenvalue weighted by Gasteiger charge is 2.16. The third kappa shape index (κ3) is 71.0. The Labute approximate surface area is 522 Å². The van der Waals surface area contributed by atoms with Crippen molar-refractivity contribution in [2.24, 2.45) is 0 Å². The van der Waals surface area contributed by atoms with Gasteiger partial charge < -0.3 is 14.6 Å². The van der Waals surface area contributed by atoms with Crippen LogP contribution in [0.3, 0.4) is 0 Å². The lowest BCUT2D eigenvalue weighted by molar-refractivity contribution is -0.161. The lowest BCUT2D eigenvalue weighted by atomic mass is 10.0. The highest BCUT2D eigenvalue weighted by Crippen LogP contribution is 2.18. The van der Waals surface area contributed by atoms with E-state index in [1.807, 2.05) is 0 Å². The number of aliphatic hydroxyl groups is 1. The van der Waals surface area contributed by atoms with Gasteiger partial charge in [0, 0.05) is 12.8 Å². The Morgan fingerprint density at radius 3 is 0.714 bits per heavy atom. The molecule has 0 radical (unpaired) electrons. The summed E-state index contributed by atoms with van der Waals surface area (Å²) in [6, 6.07) is 0. The molecule has 0 spiro atoms. The number of hydrogen-bond donors (Lipinski definition) is 1. The minimum atomic E-state index is -0.775. The largest absolute Gasteiger partial charge is 0.462 e. The SMILES string of the molecule is CC/C=C\C/C=C\C/C=C\C/C=C\C/C=C\CCCCCCCCCCCCCCCCCCCCCC(=O)OC(CO)COC(=O)CCCCCCCCCCCCCCCCCCCCCCCC/C=C\C/C=C\C/C=C\C/C=C\CC. The molecule has 0 aromatic carbocycles. The fourth-order valence-corrected chi connectivity index (χ4v) is 10.7. The van der Waals surface area contributed by atoms with Crippen molar-refractivity contribution in [2.75, 3.05) is 13.2 Å². The number of ether oxygens (including phenoxy) is 2. The molecule has 1 unspecified atom stereocenters. The molecule has 0 heterocycles. The average Bonchev–Trinajstić information content (AvgIpc) is 3.51. The van der Waals surface area contributed by atoms with E-state index in [4.69, 9.17) is 9.47 Å². The third-order valence-electron chi connectivity index (χ3n) is 16.1. The molecule has 1 atom stereocenters. The molecule has 0 aliphatic rings. The predicted octanol–water partition coefficient (Wildman–Crippen LogP) is 25.5. The molecule has 0 fully saturated rings. The number of rotatable bonds is 67. The summed E-state index contributed by atoms with van der Waals surface area (Å²) in [5, 5.41) is 9.72. The van der Waals surface area contributed by atoms with Gasteiger partial charge in [-0.2, -0.15) is 0 Å². The van der Waals surface area contributed by atoms with E-state index in [2.05, 4.69) is 123 Å². The maximum atomic E-state index is 12.4. The summed E-state index contributed by atoms with van der Waals surface area (Å²) < 4.78 is 10.8. The smallest absolute Gasteiger partial charge is 0.306 e. The molecule has 0 amide bonds. The first kappa shape index (κ1) is 80.6. The number of carbonyl (C=O) groups is 2. The monoisotopic (exact) mass is 1170 g/mol. The van der Waals surface area contributed by atoms with Gasteiger partial charge in [-0.05, 0) is 96.3 Å². The molecule has 0 aliphatic heterocycles. The Morgan fingerprint density at radius 2 is 0.476 bits per heavy atom. The van der Waals surface area contributed by atoms with Gasteiger partial charge in [0.25, 0.3) is 0 Å². The van der Waals surface area contributed by atoms with E-state index in [1.54, 1.807) is 0 Å². The first-order valence-electron chi connectivity index (χ1n) is 36.4. The first-order valence-corrected chi connectivity index (χ1v) is 36.4. The van der Waals surface area contributed by atoms with Gasteiger partial charge in [-0.15, -0.1) is 0 Å². The van der Waals surface area contributed by atoms with Crippen LogP contribution in [-0.2, 0) is 19.1 Å². The summed E-state index contributed by atoms with van der Waals surface area (Å²) in [5.41, 5.74) is 0. The van der Waals surface area contributed by atoms with Crippen LogP contribution in [0.5, 0.6) is 0 Å². The lowest BCUT2D eigenvalue weighted by Crippen LogP contribution is -2.28. The molecule has 0 bridgehead atoms. The van der Waals surface area contributed by atoms with Crippen LogP contribution in [0.4, 0.5) is 0 Å². The van der Waals surface area contributed by atoms with Crippen molar-refractivity contribution >= 4 is 11.9 Å². The fourth-order valence-electron chi connectivity index (χ4n) is 10.7. The topological polar surface area (TPSA) is 72.8 Å². The first-order chi connectivity index (χ1) is 41.6. The summed E-state index contributed by atoms with van der Waals surface area (Å²) in [4.78, 5) is 24.7. The van der Waals surface area contributed by atoms with E-state index in [1.165, 1.54) is 238 Å². The maximum Gasteiger partial charge on any atom is 0.306 e. The molecule has 0 rings (SSSR count). The molecule has 0 aromatic rings. The predicted molar refractivity (Wildman–Crippen MR) is 371 cm³/mol. The van der Waals surface area contributed by atoms with Crippen LogP contribution in [0.2, 0.25) is 0 Å². The van der Waals surface area contributed by atoms with Crippen LogP contribution >= 0.6 is 0 Å². The van der Waals surface area contributed by atoms with Gasteiger partial charge in [-0.3, -0.25) is 9.59 Å². The maximum absolute atomic E-state index is 12.4. The number of hydrogen-bond acceptors (Lipinski definition) is 5. The second-order valence-electron chi connectivity index (χ2n) is 24.3. The number of aliphatic hydroxyl groups excluding tert-OH is 1. The van der Waals surface area contributed by atoms with Gasteiger partial charge in [0.05, 0.1) is 6.61 Å². The summed E-state index contributed by atoms with van der Waals surface area (Å²) in [7, 11) is 0. The van der Waals surface area contributed by atoms with Crippen molar-refractivity contribution in [1.29, 1.82) is 0 Å². The van der Waals surface area contributed by atoms with Crippen molar-refractivity contribution in [3.63, 3.8) is 0 Å². The van der Waals surface area contributed by atoms with Crippen LogP contribution in [0.25, 0.3) is 0 Å². The van der Waals surface area contributed by atoms with E-state index in [0.29, 0.717) is 12.8 Å². The molecule has 1 N–H and O–H groups in total. The average molecular weight is 1170 g/mol. The van der Waals surface area contributed by atoms with E-state index >= 15 is 0 Å². The van der Waals surface area contributed by atoms with Crippen LogP contribution in [-0.4, -0.2) is 36.4 Å². The molecule has 484 valence electrons. The van der Waals surface area contributed by atoms with Crippen LogP contribution in [0.15, 0.2) is 109 Å². The van der Waals surface area contributed by atoms with Crippen molar-refractivity contribution in [2.45, 2.75) is 367 Å². The van der Waals surface area contributed by atoms with E-state index in [9.17, 15) is 14.7 Å². The van der Waals surface area contributed by atoms with Gasteiger partial charge in [0.1, 0.15) is 6.61 Å². The normalized spacial score (nSPS) is 12.8. The van der Waals surface area contributed by atoms with Crippen molar-refractivity contribution in [3.05, 3.63) is 109 Å². The van der Waals surface area contributed by atoms with Gasteiger partial charge in [-0.25, -0.2) is 0 Å². The highest BCUT2D eigenvalue weighted by molar-refractivity contribution is 5.70. The van der Waals surface area contributed by atoms with Crippen molar-refractivity contribution in [3.8, 4) is 0 Å². The lowest BCUT2D eigenvalue weighted by Gasteiger charge is -2.15. The Balaban J connectivity index is 3.41. The zero-order valence-electron chi connectivity index (χ0n) is 55.6. The molecule has 0 saturated heterocycles. The van der Waals surface area contributed by atoms with Crippen LogP contribution in [0, 0.1) is 0 Å². The number of unbranched alkanes of at least 4 members (excludes halogenated alkanes) is 41. The molecule has 84 heavy (non-hydrogen) atoms. The Hall–Kier alpha value is -3.44. The summed E-state index contributed by atoms with van der Waals surface area (Å²) >= 11 is 0. The van der Waals surface area contributed by atoms with E-state index in [-0.39, 0.29) is 25.2 Å². The Bertz CT molecular complexity index is 1610. The minimum absolute atomic E-state index is 0.0639. The molecular weight excluding hydrogens is 1030 g/mol. The van der Waals surface area contributed by atoms with E-state index < -0.39 is 6.10 Å². The number of allylic oxidation sites excluding steroid dienone is 18. The van der Waals surface area contributed by atoms with Gasteiger partial charge >= 0.3 is 11.9 Å². The molecule has 0 aromatic heterocycles. The van der Waals surface area contributed by atoms with Gasteiger partial charge in [0.2, 0.25) is 0 Å². The van der Waals surface area contributed by atoms with Gasteiger partial charge in [-0.1, -0.05) is 361 Å². The van der Waals surface area contributed by atoms with Crippen LogP contribution in [0.1, 0.15) is 361 Å². The molecule has 0 aliphatic carbocycles. The summed E-state index contributed by atoms with van der Waals surface area (Å²) in [5.74, 6) is -0.574. The van der Waals surface area contributed by atoms with Crippen molar-refractivity contribution < 1.29 is 24.2 Å². The zero-order chi connectivity index (χ0) is 60.5. The quantitative estimate of drug-likeness (QED) is 0.0373. The summed E-state index contributed by atoms with van der Waals surface area (Å²) in [6.45, 7) is 3.96. The van der Waals surface area contributed by atoms with E-state index in [0.717, 1.165) is 96.3 Å².